The van der Waals surface area contributed by atoms with Crippen molar-refractivity contribution in [3.8, 4) is 0 Å². The molecule has 3 nitrogen and oxygen atoms in total. The maximum absolute atomic E-state index is 4.57. The van der Waals surface area contributed by atoms with Crippen molar-refractivity contribution < 1.29 is 0 Å². The van der Waals surface area contributed by atoms with Crippen molar-refractivity contribution in [2.24, 2.45) is 0 Å². The zero-order valence-electron chi connectivity index (χ0n) is 12.0. The predicted octanol–water partition coefficient (Wildman–Crippen LogP) is 2.89. The van der Waals surface area contributed by atoms with Gasteiger partial charge in [0.25, 0.3) is 0 Å². The van der Waals surface area contributed by atoms with Gasteiger partial charge in [-0.3, -0.25) is 4.90 Å². The van der Waals surface area contributed by atoms with Gasteiger partial charge >= 0.3 is 0 Å². The summed E-state index contributed by atoms with van der Waals surface area (Å²) in [6.45, 7) is 8.92. The molecule has 18 heavy (non-hydrogen) atoms. The van der Waals surface area contributed by atoms with E-state index in [1.807, 2.05) is 11.3 Å². The minimum absolute atomic E-state index is 0.509. The summed E-state index contributed by atoms with van der Waals surface area (Å²) in [6.07, 6.45) is 4.03. The summed E-state index contributed by atoms with van der Waals surface area (Å²) < 4.78 is 0. The van der Waals surface area contributed by atoms with E-state index in [-0.39, 0.29) is 0 Å². The highest BCUT2D eigenvalue weighted by Gasteiger charge is 2.28. The SMILES string of the molecule is CNCC1CCCCN1C(C)c1sc(C)nc1C. The topological polar surface area (TPSA) is 28.2 Å². The van der Waals surface area contributed by atoms with Crippen LogP contribution in [0, 0.1) is 13.8 Å². The van der Waals surface area contributed by atoms with E-state index in [4.69, 9.17) is 0 Å². The number of thiazole rings is 1. The number of aryl methyl sites for hydroxylation is 2. The number of piperidine rings is 1. The van der Waals surface area contributed by atoms with Crippen LogP contribution in [0.1, 0.15) is 47.8 Å². The van der Waals surface area contributed by atoms with Crippen LogP contribution >= 0.6 is 11.3 Å². The molecule has 0 aromatic carbocycles. The molecule has 2 atom stereocenters. The van der Waals surface area contributed by atoms with Gasteiger partial charge in [-0.05, 0) is 47.2 Å². The molecular weight excluding hydrogens is 242 g/mol. The van der Waals surface area contributed by atoms with Gasteiger partial charge in [-0.1, -0.05) is 6.42 Å². The number of likely N-dealkylation sites (tertiary alicyclic amines) is 1. The zero-order chi connectivity index (χ0) is 13.1. The summed E-state index contributed by atoms with van der Waals surface area (Å²) in [5.41, 5.74) is 1.22. The molecule has 0 amide bonds. The van der Waals surface area contributed by atoms with Crippen LogP contribution < -0.4 is 5.32 Å². The van der Waals surface area contributed by atoms with E-state index >= 15 is 0 Å². The fourth-order valence-corrected chi connectivity index (χ4v) is 4.07. The first-order valence-electron chi connectivity index (χ1n) is 6.97. The Morgan fingerprint density at radius 2 is 2.22 bits per heavy atom. The predicted molar refractivity (Wildman–Crippen MR) is 78.3 cm³/mol. The monoisotopic (exact) mass is 267 g/mol. The highest BCUT2D eigenvalue weighted by Crippen LogP contribution is 2.33. The maximum atomic E-state index is 4.57. The van der Waals surface area contributed by atoms with Gasteiger partial charge < -0.3 is 5.32 Å². The van der Waals surface area contributed by atoms with Gasteiger partial charge in [0, 0.05) is 23.5 Å². The number of likely N-dealkylation sites (N-methyl/N-ethyl adjacent to an activating group) is 1. The van der Waals surface area contributed by atoms with Crippen molar-refractivity contribution in [2.75, 3.05) is 20.1 Å². The normalized spacial score (nSPS) is 23.2. The van der Waals surface area contributed by atoms with E-state index in [2.05, 4.69) is 43.0 Å². The Balaban J connectivity index is 2.15. The quantitative estimate of drug-likeness (QED) is 0.909. The fourth-order valence-electron chi connectivity index (χ4n) is 3.07. The highest BCUT2D eigenvalue weighted by atomic mass is 32.1. The summed E-state index contributed by atoms with van der Waals surface area (Å²) in [7, 11) is 2.06. The van der Waals surface area contributed by atoms with Crippen molar-refractivity contribution >= 4 is 11.3 Å². The lowest BCUT2D eigenvalue weighted by Gasteiger charge is -2.39. The molecule has 1 N–H and O–H groups in total. The molecule has 1 saturated heterocycles. The van der Waals surface area contributed by atoms with Crippen LogP contribution in [0.2, 0.25) is 0 Å². The molecule has 2 unspecified atom stereocenters. The Morgan fingerprint density at radius 3 is 2.83 bits per heavy atom. The zero-order valence-corrected chi connectivity index (χ0v) is 12.8. The first-order chi connectivity index (χ1) is 8.63. The molecule has 1 fully saturated rings. The lowest BCUT2D eigenvalue weighted by molar-refractivity contribution is 0.104. The van der Waals surface area contributed by atoms with E-state index in [1.54, 1.807) is 0 Å². The minimum atomic E-state index is 0.509. The maximum Gasteiger partial charge on any atom is 0.0900 e. The van der Waals surface area contributed by atoms with Crippen molar-refractivity contribution in [3.05, 3.63) is 15.6 Å². The lowest BCUT2D eigenvalue weighted by atomic mass is 9.99. The first-order valence-corrected chi connectivity index (χ1v) is 7.79. The Labute approximate surface area is 115 Å². The number of hydrogen-bond acceptors (Lipinski definition) is 4. The van der Waals surface area contributed by atoms with Crippen LogP contribution in [0.25, 0.3) is 0 Å². The fraction of sp³-hybridized carbons (Fsp3) is 0.786. The van der Waals surface area contributed by atoms with Crippen LogP contribution in [0.4, 0.5) is 0 Å². The Morgan fingerprint density at radius 1 is 1.44 bits per heavy atom. The average molecular weight is 267 g/mol. The third kappa shape index (κ3) is 2.92. The highest BCUT2D eigenvalue weighted by molar-refractivity contribution is 7.11. The second-order valence-corrected chi connectivity index (χ2v) is 6.54. The van der Waals surface area contributed by atoms with Crippen molar-refractivity contribution in [1.29, 1.82) is 0 Å². The number of nitrogens with one attached hydrogen (secondary N) is 1. The van der Waals surface area contributed by atoms with Crippen LogP contribution in [0.5, 0.6) is 0 Å². The molecule has 0 bridgehead atoms. The third-order valence-corrected chi connectivity index (χ3v) is 5.17. The number of rotatable bonds is 4. The van der Waals surface area contributed by atoms with Gasteiger partial charge in [0.1, 0.15) is 0 Å². The van der Waals surface area contributed by atoms with Crippen molar-refractivity contribution in [2.45, 2.75) is 52.1 Å². The summed E-state index contributed by atoms with van der Waals surface area (Å²) in [6, 6.07) is 1.19. The molecule has 1 aliphatic rings. The molecule has 0 radical (unpaired) electrons. The van der Waals surface area contributed by atoms with Crippen LogP contribution in [0.3, 0.4) is 0 Å². The second kappa shape index (κ2) is 6.13. The first kappa shape index (κ1) is 14.0. The molecule has 1 aromatic heterocycles. The molecule has 0 aliphatic carbocycles. The van der Waals surface area contributed by atoms with E-state index in [0.29, 0.717) is 12.1 Å². The molecule has 2 heterocycles. The largest absolute Gasteiger partial charge is 0.318 e. The van der Waals surface area contributed by atoms with E-state index < -0.39 is 0 Å². The lowest BCUT2D eigenvalue weighted by Crippen LogP contribution is -2.45. The van der Waals surface area contributed by atoms with Crippen LogP contribution in [-0.4, -0.2) is 36.1 Å². The van der Waals surface area contributed by atoms with E-state index in [1.165, 1.54) is 41.4 Å². The summed E-state index contributed by atoms with van der Waals surface area (Å²) in [4.78, 5) is 8.70. The van der Waals surface area contributed by atoms with E-state index in [9.17, 15) is 0 Å². The number of hydrogen-bond donors (Lipinski definition) is 1. The molecule has 2 rings (SSSR count). The van der Waals surface area contributed by atoms with Crippen LogP contribution in [0.15, 0.2) is 0 Å². The molecule has 0 spiro atoms. The van der Waals surface area contributed by atoms with Crippen LogP contribution in [-0.2, 0) is 0 Å². The molecule has 102 valence electrons. The Hall–Kier alpha value is -0.450. The van der Waals surface area contributed by atoms with Gasteiger partial charge in [-0.15, -0.1) is 11.3 Å². The summed E-state index contributed by atoms with van der Waals surface area (Å²) in [5, 5.41) is 4.53. The molecule has 0 saturated carbocycles. The van der Waals surface area contributed by atoms with Gasteiger partial charge in [0.05, 0.1) is 10.7 Å². The third-order valence-electron chi connectivity index (χ3n) is 3.93. The smallest absolute Gasteiger partial charge is 0.0900 e. The number of aromatic nitrogens is 1. The summed E-state index contributed by atoms with van der Waals surface area (Å²) in [5.74, 6) is 0. The Kier molecular flexibility index (Phi) is 4.76. The summed E-state index contributed by atoms with van der Waals surface area (Å²) >= 11 is 1.86. The van der Waals surface area contributed by atoms with Gasteiger partial charge in [-0.25, -0.2) is 4.98 Å². The minimum Gasteiger partial charge on any atom is -0.318 e. The average Bonchev–Trinajstić information content (AvgIpc) is 2.69. The van der Waals surface area contributed by atoms with Crippen molar-refractivity contribution in [3.63, 3.8) is 0 Å². The number of nitrogens with zero attached hydrogens (tertiary/aromatic N) is 2. The van der Waals surface area contributed by atoms with E-state index in [0.717, 1.165) is 6.54 Å². The Bertz CT molecular complexity index is 386. The van der Waals surface area contributed by atoms with Crippen molar-refractivity contribution in [1.82, 2.24) is 15.2 Å². The molecule has 4 heteroatoms. The molecule has 1 aliphatic heterocycles. The second-order valence-electron chi connectivity index (χ2n) is 5.30. The van der Waals surface area contributed by atoms with Gasteiger partial charge in [0.15, 0.2) is 0 Å². The molecule has 1 aromatic rings. The molecular formula is C14H25N3S. The standard InChI is InChI=1S/C14H25N3S/c1-10-14(18-12(3)16-10)11(2)17-8-6-5-7-13(17)9-15-4/h11,13,15H,5-9H2,1-4H3. The van der Waals surface area contributed by atoms with Gasteiger partial charge in [0.2, 0.25) is 0 Å². The van der Waals surface area contributed by atoms with Gasteiger partial charge in [-0.2, -0.15) is 0 Å².